The molecule has 0 aliphatic rings. The van der Waals surface area contributed by atoms with Crippen LogP contribution in [-0.2, 0) is 27.3 Å². The summed E-state index contributed by atoms with van der Waals surface area (Å²) in [6, 6.07) is 17.8. The molecule has 5 nitrogen and oxygen atoms in total. The predicted molar refractivity (Wildman–Crippen MR) is 107 cm³/mol. The van der Waals surface area contributed by atoms with Gasteiger partial charge in [0.1, 0.15) is 6.61 Å². The van der Waals surface area contributed by atoms with Gasteiger partial charge in [0.15, 0.2) is 0 Å². The molecule has 5 heteroatoms. The number of rotatable bonds is 12. The Labute approximate surface area is 161 Å². The maximum Gasteiger partial charge on any atom is 0.306 e. The summed E-state index contributed by atoms with van der Waals surface area (Å²) in [5.41, 5.74) is 3.24. The van der Waals surface area contributed by atoms with Crippen LogP contribution in [0.3, 0.4) is 0 Å². The monoisotopic (exact) mass is 371 g/mol. The second-order valence-electron chi connectivity index (χ2n) is 6.41. The molecule has 0 aromatic heterocycles. The van der Waals surface area contributed by atoms with Crippen molar-refractivity contribution in [2.24, 2.45) is 0 Å². The molecule has 2 aromatic rings. The van der Waals surface area contributed by atoms with Crippen molar-refractivity contribution in [3.8, 4) is 0 Å². The Morgan fingerprint density at radius 2 is 1.81 bits per heavy atom. The van der Waals surface area contributed by atoms with Crippen molar-refractivity contribution < 1.29 is 19.4 Å². The van der Waals surface area contributed by atoms with Crippen molar-refractivity contribution in [1.29, 1.82) is 0 Å². The van der Waals surface area contributed by atoms with Gasteiger partial charge < -0.3 is 19.9 Å². The van der Waals surface area contributed by atoms with Crippen molar-refractivity contribution in [3.05, 3.63) is 65.7 Å². The van der Waals surface area contributed by atoms with Crippen molar-refractivity contribution in [2.75, 3.05) is 25.1 Å². The minimum atomic E-state index is -0.596. The molecule has 2 rings (SSSR count). The van der Waals surface area contributed by atoms with Gasteiger partial charge in [-0.1, -0.05) is 49.4 Å². The first kappa shape index (κ1) is 20.9. The molecule has 1 unspecified atom stereocenters. The number of hydrogen-bond donors (Lipinski definition) is 2. The standard InChI is InChI=1S/C22H29NO4/c1-2-18-10-12-20(13-11-18)23-15-21(24)17-26-14-6-9-22(25)27-16-19-7-4-3-5-8-19/h3-5,7-8,10-13,21,23-24H,2,6,9,14-17H2,1H3. The lowest BCUT2D eigenvalue weighted by atomic mass is 10.1. The Morgan fingerprint density at radius 1 is 1.07 bits per heavy atom. The van der Waals surface area contributed by atoms with Gasteiger partial charge in [-0.05, 0) is 36.1 Å². The Bertz CT molecular complexity index is 658. The zero-order valence-corrected chi connectivity index (χ0v) is 15.9. The van der Waals surface area contributed by atoms with Gasteiger partial charge in [0.25, 0.3) is 0 Å². The first-order chi connectivity index (χ1) is 13.2. The van der Waals surface area contributed by atoms with Gasteiger partial charge in [0, 0.05) is 25.3 Å². The van der Waals surface area contributed by atoms with Crippen molar-refractivity contribution >= 4 is 11.7 Å². The SMILES string of the molecule is CCc1ccc(NCC(O)COCCCC(=O)OCc2ccccc2)cc1. The number of anilines is 1. The Morgan fingerprint density at radius 3 is 2.52 bits per heavy atom. The van der Waals surface area contributed by atoms with E-state index in [2.05, 4.69) is 24.4 Å². The number of aliphatic hydroxyl groups is 1. The van der Waals surface area contributed by atoms with E-state index in [0.29, 0.717) is 32.6 Å². The second-order valence-corrected chi connectivity index (χ2v) is 6.41. The van der Waals surface area contributed by atoms with Crippen LogP contribution in [0, 0.1) is 0 Å². The van der Waals surface area contributed by atoms with E-state index in [9.17, 15) is 9.90 Å². The van der Waals surface area contributed by atoms with Gasteiger partial charge in [-0.3, -0.25) is 4.79 Å². The third-order valence-electron chi connectivity index (χ3n) is 4.13. The van der Waals surface area contributed by atoms with Gasteiger partial charge in [0.2, 0.25) is 0 Å². The summed E-state index contributed by atoms with van der Waals surface area (Å²) in [5.74, 6) is -0.236. The molecule has 1 atom stereocenters. The lowest BCUT2D eigenvalue weighted by Crippen LogP contribution is -2.25. The number of aryl methyl sites for hydroxylation is 1. The van der Waals surface area contributed by atoms with E-state index in [1.807, 2.05) is 42.5 Å². The number of hydrogen-bond acceptors (Lipinski definition) is 5. The second kappa shape index (κ2) is 12.1. The third kappa shape index (κ3) is 8.71. The molecular weight excluding hydrogens is 342 g/mol. The molecule has 0 spiro atoms. The molecule has 0 amide bonds. The fourth-order valence-corrected chi connectivity index (χ4v) is 2.50. The number of benzene rings is 2. The number of nitrogens with one attached hydrogen (secondary N) is 1. The molecule has 27 heavy (non-hydrogen) atoms. The minimum Gasteiger partial charge on any atom is -0.461 e. The normalized spacial score (nSPS) is 11.8. The van der Waals surface area contributed by atoms with Crippen LogP contribution in [0.2, 0.25) is 0 Å². The minimum absolute atomic E-state index is 0.235. The van der Waals surface area contributed by atoms with Gasteiger partial charge in [0.05, 0.1) is 12.7 Å². The molecule has 0 aliphatic carbocycles. The van der Waals surface area contributed by atoms with Crippen LogP contribution in [0.15, 0.2) is 54.6 Å². The number of esters is 1. The van der Waals surface area contributed by atoms with E-state index < -0.39 is 6.10 Å². The number of ether oxygens (including phenoxy) is 2. The van der Waals surface area contributed by atoms with E-state index in [1.54, 1.807) is 0 Å². The van der Waals surface area contributed by atoms with Crippen LogP contribution in [0.25, 0.3) is 0 Å². The van der Waals surface area contributed by atoms with Gasteiger partial charge in [-0.2, -0.15) is 0 Å². The van der Waals surface area contributed by atoms with Crippen LogP contribution >= 0.6 is 0 Å². The average molecular weight is 371 g/mol. The molecule has 0 bridgehead atoms. The summed E-state index contributed by atoms with van der Waals surface area (Å²) in [6.07, 6.45) is 1.30. The first-order valence-electron chi connectivity index (χ1n) is 9.45. The lowest BCUT2D eigenvalue weighted by molar-refractivity contribution is -0.145. The highest BCUT2D eigenvalue weighted by Crippen LogP contribution is 2.10. The highest BCUT2D eigenvalue weighted by atomic mass is 16.5. The Balaban J connectivity index is 1.49. The van der Waals surface area contributed by atoms with Gasteiger partial charge in [-0.15, -0.1) is 0 Å². The number of carbonyl (C=O) groups excluding carboxylic acids is 1. The maximum atomic E-state index is 11.7. The summed E-state index contributed by atoms with van der Waals surface area (Å²) >= 11 is 0. The summed E-state index contributed by atoms with van der Waals surface area (Å²) in [5, 5.41) is 13.1. The largest absolute Gasteiger partial charge is 0.461 e. The topological polar surface area (TPSA) is 67.8 Å². The zero-order chi connectivity index (χ0) is 19.3. The van der Waals surface area contributed by atoms with Gasteiger partial charge >= 0.3 is 5.97 Å². The molecule has 146 valence electrons. The van der Waals surface area contributed by atoms with Crippen LogP contribution in [0.4, 0.5) is 5.69 Å². The van der Waals surface area contributed by atoms with Crippen molar-refractivity contribution in [2.45, 2.75) is 38.9 Å². The lowest BCUT2D eigenvalue weighted by Gasteiger charge is -2.13. The Kier molecular flexibility index (Phi) is 9.38. The van der Waals surface area contributed by atoms with E-state index in [4.69, 9.17) is 9.47 Å². The van der Waals surface area contributed by atoms with Crippen LogP contribution < -0.4 is 5.32 Å². The van der Waals surface area contributed by atoms with Gasteiger partial charge in [-0.25, -0.2) is 0 Å². The predicted octanol–water partition coefficient (Wildman–Crippen LogP) is 3.56. The molecular formula is C22H29NO4. The van der Waals surface area contributed by atoms with Crippen molar-refractivity contribution in [1.82, 2.24) is 0 Å². The Hall–Kier alpha value is -2.37. The van der Waals surface area contributed by atoms with Crippen molar-refractivity contribution in [3.63, 3.8) is 0 Å². The quantitative estimate of drug-likeness (QED) is 0.441. The van der Waals surface area contributed by atoms with E-state index in [1.165, 1.54) is 5.56 Å². The molecule has 0 fully saturated rings. The molecule has 0 radical (unpaired) electrons. The molecule has 0 heterocycles. The van der Waals surface area contributed by atoms with E-state index >= 15 is 0 Å². The fraction of sp³-hybridized carbons (Fsp3) is 0.409. The fourth-order valence-electron chi connectivity index (χ4n) is 2.50. The molecule has 0 saturated carbocycles. The van der Waals surface area contributed by atoms with E-state index in [0.717, 1.165) is 17.7 Å². The van der Waals surface area contributed by atoms with E-state index in [-0.39, 0.29) is 12.6 Å². The average Bonchev–Trinajstić information content (AvgIpc) is 2.71. The summed E-state index contributed by atoms with van der Waals surface area (Å²) in [6.45, 7) is 3.49. The zero-order valence-electron chi connectivity index (χ0n) is 15.9. The summed E-state index contributed by atoms with van der Waals surface area (Å²) in [7, 11) is 0. The smallest absolute Gasteiger partial charge is 0.306 e. The summed E-state index contributed by atoms with van der Waals surface area (Å²) in [4.78, 5) is 11.7. The highest BCUT2D eigenvalue weighted by Gasteiger charge is 2.06. The molecule has 0 aliphatic heterocycles. The molecule has 0 saturated heterocycles. The number of aliphatic hydroxyl groups excluding tert-OH is 1. The number of carbonyl (C=O) groups is 1. The third-order valence-corrected chi connectivity index (χ3v) is 4.13. The van der Waals surface area contributed by atoms with Crippen LogP contribution in [-0.4, -0.2) is 36.9 Å². The maximum absolute atomic E-state index is 11.7. The van der Waals surface area contributed by atoms with Crippen LogP contribution in [0.1, 0.15) is 30.9 Å². The summed E-state index contributed by atoms with van der Waals surface area (Å²) < 4.78 is 10.6. The highest BCUT2D eigenvalue weighted by molar-refractivity contribution is 5.69. The molecule has 2 N–H and O–H groups in total. The van der Waals surface area contributed by atoms with Crippen LogP contribution in [0.5, 0.6) is 0 Å². The first-order valence-corrected chi connectivity index (χ1v) is 9.45. The molecule has 2 aromatic carbocycles.